The van der Waals surface area contributed by atoms with Crippen molar-refractivity contribution in [3.8, 4) is 0 Å². The molecule has 4 heteroatoms. The largest absolute Gasteiger partial charge is 0.393 e. The van der Waals surface area contributed by atoms with Gasteiger partial charge in [0.15, 0.2) is 0 Å². The number of unbranched alkanes of at least 4 members (excludes halogenated alkanes) is 30. The van der Waals surface area contributed by atoms with Gasteiger partial charge < -0.3 is 20.4 Å². The van der Waals surface area contributed by atoms with Crippen LogP contribution in [-0.4, -0.2) is 44.8 Å². The van der Waals surface area contributed by atoms with Crippen LogP contribution in [0.3, 0.4) is 0 Å². The van der Waals surface area contributed by atoms with Crippen molar-refractivity contribution in [2.45, 2.75) is 441 Å². The zero-order valence-electron chi connectivity index (χ0n) is 55.2. The van der Waals surface area contributed by atoms with E-state index in [2.05, 4.69) is 83.1 Å². The smallest absolute Gasteiger partial charge is 0.0542 e. The van der Waals surface area contributed by atoms with E-state index in [1.807, 2.05) is 0 Å². The van der Waals surface area contributed by atoms with Crippen molar-refractivity contribution in [2.24, 2.45) is 23.7 Å². The maximum atomic E-state index is 9.99. The van der Waals surface area contributed by atoms with Crippen molar-refractivity contribution < 1.29 is 20.4 Å². The number of hydrogen-bond acceptors (Lipinski definition) is 4. The summed E-state index contributed by atoms with van der Waals surface area (Å²) in [6.07, 6.45) is 67.3. The molecule has 76 heavy (non-hydrogen) atoms. The molecule has 0 spiro atoms. The van der Waals surface area contributed by atoms with Crippen molar-refractivity contribution in [1.82, 2.24) is 0 Å². The van der Waals surface area contributed by atoms with E-state index >= 15 is 0 Å². The zero-order chi connectivity index (χ0) is 57.4. The van der Waals surface area contributed by atoms with Gasteiger partial charge in [-0.05, 0) is 75.0 Å². The minimum absolute atomic E-state index is 0.0456. The molecular formula is C72H152O4. The highest BCUT2D eigenvalue weighted by atomic mass is 16.3. The Balaban J connectivity index is -0.000000455. The predicted molar refractivity (Wildman–Crippen MR) is 346 cm³/mol. The Morgan fingerprint density at radius 1 is 0.171 bits per heavy atom. The first-order valence-electron chi connectivity index (χ1n) is 35.5. The van der Waals surface area contributed by atoms with Crippen molar-refractivity contribution >= 4 is 0 Å². The van der Waals surface area contributed by atoms with Gasteiger partial charge in [0.05, 0.1) is 24.4 Å². The highest BCUT2D eigenvalue weighted by Gasteiger charge is 2.12. The van der Waals surface area contributed by atoms with Gasteiger partial charge in [-0.2, -0.15) is 0 Å². The first-order valence-corrected chi connectivity index (χ1v) is 35.5. The topological polar surface area (TPSA) is 80.9 Å². The summed E-state index contributed by atoms with van der Waals surface area (Å²) < 4.78 is 0. The lowest BCUT2D eigenvalue weighted by Gasteiger charge is -2.16. The fourth-order valence-electron chi connectivity index (χ4n) is 11.1. The first kappa shape index (κ1) is 82.3. The van der Waals surface area contributed by atoms with Crippen LogP contribution in [0.15, 0.2) is 0 Å². The van der Waals surface area contributed by atoms with Crippen LogP contribution < -0.4 is 0 Å². The fourth-order valence-corrected chi connectivity index (χ4v) is 11.1. The van der Waals surface area contributed by atoms with Crippen molar-refractivity contribution in [3.63, 3.8) is 0 Å². The summed E-state index contributed by atoms with van der Waals surface area (Å²) in [6.45, 7) is 27.1. The minimum atomic E-state index is -0.0569. The molecule has 0 bridgehead atoms. The van der Waals surface area contributed by atoms with Crippen LogP contribution in [0.1, 0.15) is 417 Å². The molecule has 0 fully saturated rings. The van der Waals surface area contributed by atoms with Crippen molar-refractivity contribution in [3.05, 3.63) is 0 Å². The maximum Gasteiger partial charge on any atom is 0.0542 e. The predicted octanol–water partition coefficient (Wildman–Crippen LogP) is 24.4. The molecular weight excluding hydrogens is 929 g/mol. The average Bonchev–Trinajstić information content (AvgIpc) is 3.39. The molecule has 0 saturated carbocycles. The molecule has 0 rings (SSSR count). The van der Waals surface area contributed by atoms with E-state index in [1.165, 1.54) is 270 Å². The van der Waals surface area contributed by atoms with Gasteiger partial charge in [-0.1, -0.05) is 366 Å². The second kappa shape index (κ2) is 70.9. The first-order chi connectivity index (χ1) is 36.8. The maximum absolute atomic E-state index is 9.99. The lowest BCUT2D eigenvalue weighted by Crippen LogP contribution is -2.11. The minimum Gasteiger partial charge on any atom is -0.393 e. The molecule has 0 amide bonds. The van der Waals surface area contributed by atoms with Gasteiger partial charge in [0.1, 0.15) is 0 Å². The van der Waals surface area contributed by atoms with Crippen molar-refractivity contribution in [2.75, 3.05) is 0 Å². The molecule has 464 valence electrons. The van der Waals surface area contributed by atoms with Crippen LogP contribution >= 0.6 is 0 Å². The normalized spacial score (nSPS) is 14.5. The highest BCUT2D eigenvalue weighted by molar-refractivity contribution is 4.65. The Kier molecular flexibility index (Phi) is 76.8. The van der Waals surface area contributed by atoms with Gasteiger partial charge in [0.2, 0.25) is 0 Å². The molecule has 0 aliphatic carbocycles. The molecule has 0 aromatic carbocycles. The standard InChI is InChI=1S/4C18H38O/c1-4-6-7-8-9-10-11-14-17(3)15-12-16-18(19)13-5-2;1-4-6-7-8-9-10-11-12-13-15-17(3)16-18(19)14-5-2;1-4-6-8-9-10-11-12-13-14-17(3)16-18(19)15-7-5-2;1-4-6-8-9-10-11-12-13-15-18(19)16-17(3)14-7-5-2/h4*17-19H,4-16H2,1-3H3. The van der Waals surface area contributed by atoms with Crippen LogP contribution in [0.4, 0.5) is 0 Å². The fraction of sp³-hybridized carbons (Fsp3) is 1.00. The molecule has 0 aromatic heterocycles. The van der Waals surface area contributed by atoms with Crippen molar-refractivity contribution in [1.29, 1.82) is 0 Å². The lowest BCUT2D eigenvalue weighted by molar-refractivity contribution is 0.130. The van der Waals surface area contributed by atoms with Gasteiger partial charge in [-0.15, -0.1) is 0 Å². The van der Waals surface area contributed by atoms with Crippen LogP contribution in [0.2, 0.25) is 0 Å². The summed E-state index contributed by atoms with van der Waals surface area (Å²) >= 11 is 0. The van der Waals surface area contributed by atoms with E-state index < -0.39 is 0 Å². The third-order valence-electron chi connectivity index (χ3n) is 16.5. The molecule has 4 N–H and O–H groups in total. The summed E-state index contributed by atoms with van der Waals surface area (Å²) in [7, 11) is 0. The summed E-state index contributed by atoms with van der Waals surface area (Å²) in [6, 6.07) is 0. The van der Waals surface area contributed by atoms with Crippen LogP contribution in [0.5, 0.6) is 0 Å². The van der Waals surface area contributed by atoms with E-state index in [0.717, 1.165) is 70.1 Å². The molecule has 0 saturated heterocycles. The molecule has 8 atom stereocenters. The van der Waals surface area contributed by atoms with Crippen LogP contribution in [-0.2, 0) is 0 Å². The average molecular weight is 1080 g/mol. The monoisotopic (exact) mass is 1080 g/mol. The van der Waals surface area contributed by atoms with E-state index in [0.29, 0.717) is 17.8 Å². The van der Waals surface area contributed by atoms with E-state index in [9.17, 15) is 20.4 Å². The molecule has 0 radical (unpaired) electrons. The van der Waals surface area contributed by atoms with E-state index in [4.69, 9.17) is 0 Å². The molecule has 0 aliphatic heterocycles. The van der Waals surface area contributed by atoms with Gasteiger partial charge in [0, 0.05) is 0 Å². The highest BCUT2D eigenvalue weighted by Crippen LogP contribution is 2.23. The second-order valence-corrected chi connectivity index (χ2v) is 25.6. The summed E-state index contributed by atoms with van der Waals surface area (Å²) in [5, 5.41) is 39.3. The summed E-state index contributed by atoms with van der Waals surface area (Å²) in [5.41, 5.74) is 0. The van der Waals surface area contributed by atoms with Gasteiger partial charge in [-0.3, -0.25) is 0 Å². The van der Waals surface area contributed by atoms with Gasteiger partial charge in [0.25, 0.3) is 0 Å². The molecule has 0 aromatic rings. The molecule has 0 aliphatic rings. The quantitative estimate of drug-likeness (QED) is 0.0458. The molecule has 0 heterocycles. The Morgan fingerprint density at radius 3 is 0.684 bits per heavy atom. The Labute approximate surface area is 483 Å². The summed E-state index contributed by atoms with van der Waals surface area (Å²) in [4.78, 5) is 0. The van der Waals surface area contributed by atoms with Gasteiger partial charge >= 0.3 is 0 Å². The SMILES string of the molecule is CCCCCCCCCC(C)CCCC(O)CCC.CCCCCCCCCCC(C)CC(O)CCCC.CCCCCCCCCCC(O)CC(C)CCCC.CCCCCCCCCCCC(C)CC(O)CCC. The number of aliphatic hydroxyl groups excluding tert-OH is 4. The molecule has 4 nitrogen and oxygen atoms in total. The van der Waals surface area contributed by atoms with Gasteiger partial charge in [-0.25, -0.2) is 0 Å². The molecule has 8 unspecified atom stereocenters. The third kappa shape index (κ3) is 75.9. The van der Waals surface area contributed by atoms with E-state index in [-0.39, 0.29) is 24.4 Å². The summed E-state index contributed by atoms with van der Waals surface area (Å²) in [5.74, 6) is 2.95. The Bertz CT molecular complexity index is 934. The van der Waals surface area contributed by atoms with Crippen LogP contribution in [0, 0.1) is 23.7 Å². The second-order valence-electron chi connectivity index (χ2n) is 25.6. The number of aliphatic hydroxyl groups is 4. The zero-order valence-corrected chi connectivity index (χ0v) is 55.2. The van der Waals surface area contributed by atoms with Crippen LogP contribution in [0.25, 0.3) is 0 Å². The van der Waals surface area contributed by atoms with E-state index in [1.54, 1.807) is 0 Å². The Morgan fingerprint density at radius 2 is 0.368 bits per heavy atom. The third-order valence-corrected chi connectivity index (χ3v) is 16.5. The number of rotatable bonds is 56. The number of hydrogen-bond donors (Lipinski definition) is 4. The Hall–Kier alpha value is -0.160. The lowest BCUT2D eigenvalue weighted by atomic mass is 9.94.